The molecule has 0 spiro atoms. The van der Waals surface area contributed by atoms with Crippen molar-refractivity contribution in [2.75, 3.05) is 25.0 Å². The molecular formula is C23H24ClN3O5S2. The third-order valence-electron chi connectivity index (χ3n) is 5.41. The van der Waals surface area contributed by atoms with Gasteiger partial charge in [0.1, 0.15) is 0 Å². The molecule has 1 N–H and O–H groups in total. The van der Waals surface area contributed by atoms with Gasteiger partial charge in [0.15, 0.2) is 6.61 Å². The van der Waals surface area contributed by atoms with Crippen molar-refractivity contribution in [3.8, 4) is 0 Å². The zero-order chi connectivity index (χ0) is 24.1. The molecule has 0 saturated carbocycles. The van der Waals surface area contributed by atoms with E-state index in [4.69, 9.17) is 16.3 Å². The summed E-state index contributed by atoms with van der Waals surface area (Å²) in [6, 6.07) is 11.9. The van der Waals surface area contributed by atoms with Gasteiger partial charge in [-0.1, -0.05) is 30.2 Å². The molecule has 0 bridgehead atoms. The number of halogens is 1. The van der Waals surface area contributed by atoms with E-state index in [0.717, 1.165) is 34.5 Å². The summed E-state index contributed by atoms with van der Waals surface area (Å²) in [5.74, 6) is -1.13. The molecule has 11 heteroatoms. The van der Waals surface area contributed by atoms with Gasteiger partial charge in [-0.25, -0.2) is 13.4 Å². The van der Waals surface area contributed by atoms with Gasteiger partial charge in [-0.2, -0.15) is 4.31 Å². The van der Waals surface area contributed by atoms with Gasteiger partial charge < -0.3 is 10.1 Å². The SMILES string of the molecule is O=C(COC(=O)CCc1nc2ccccc2s1)Nc1cc(S(=O)(=O)N2CCCCC2)ccc1Cl. The van der Waals surface area contributed by atoms with E-state index in [-0.39, 0.29) is 22.0 Å². The number of hydrogen-bond donors (Lipinski definition) is 1. The predicted molar refractivity (Wildman–Crippen MR) is 132 cm³/mol. The lowest BCUT2D eigenvalue weighted by atomic mass is 10.2. The van der Waals surface area contributed by atoms with E-state index < -0.39 is 28.5 Å². The highest BCUT2D eigenvalue weighted by Crippen LogP contribution is 2.28. The van der Waals surface area contributed by atoms with Crippen LogP contribution in [-0.2, 0) is 30.8 Å². The molecule has 0 unspecified atom stereocenters. The van der Waals surface area contributed by atoms with Crippen molar-refractivity contribution in [2.45, 2.75) is 37.0 Å². The number of aromatic nitrogens is 1. The van der Waals surface area contributed by atoms with Crippen molar-refractivity contribution < 1.29 is 22.7 Å². The van der Waals surface area contributed by atoms with E-state index in [0.29, 0.717) is 19.5 Å². The molecule has 0 atom stereocenters. The number of para-hydroxylation sites is 1. The van der Waals surface area contributed by atoms with Gasteiger partial charge in [-0.3, -0.25) is 9.59 Å². The molecular weight excluding hydrogens is 498 g/mol. The Hall–Kier alpha value is -2.53. The summed E-state index contributed by atoms with van der Waals surface area (Å²) in [6.45, 7) is 0.442. The Morgan fingerprint density at radius 1 is 1.12 bits per heavy atom. The van der Waals surface area contributed by atoms with E-state index in [1.165, 1.54) is 33.8 Å². The van der Waals surface area contributed by atoms with Crippen LogP contribution in [0.1, 0.15) is 30.7 Å². The molecule has 2 heterocycles. The maximum atomic E-state index is 12.9. The third kappa shape index (κ3) is 5.93. The Bertz CT molecular complexity index is 1270. The number of anilines is 1. The zero-order valence-corrected chi connectivity index (χ0v) is 20.7. The van der Waals surface area contributed by atoms with E-state index >= 15 is 0 Å². The number of esters is 1. The van der Waals surface area contributed by atoms with Gasteiger partial charge in [-0.15, -0.1) is 11.3 Å². The Morgan fingerprint density at radius 2 is 1.88 bits per heavy atom. The lowest BCUT2D eigenvalue weighted by Crippen LogP contribution is -2.35. The normalized spacial score (nSPS) is 14.7. The van der Waals surface area contributed by atoms with E-state index in [2.05, 4.69) is 10.3 Å². The Balaban J connectivity index is 1.30. The maximum absolute atomic E-state index is 12.9. The second kappa shape index (κ2) is 10.8. The number of aryl methyl sites for hydroxylation is 1. The van der Waals surface area contributed by atoms with Crippen LogP contribution in [0.3, 0.4) is 0 Å². The molecule has 1 aromatic heterocycles. The number of hydrogen-bond acceptors (Lipinski definition) is 7. The van der Waals surface area contributed by atoms with Crippen molar-refractivity contribution in [2.24, 2.45) is 0 Å². The minimum Gasteiger partial charge on any atom is -0.456 e. The summed E-state index contributed by atoms with van der Waals surface area (Å²) in [5, 5.41) is 3.54. The average molecular weight is 522 g/mol. The Morgan fingerprint density at radius 3 is 2.65 bits per heavy atom. The number of rotatable bonds is 8. The average Bonchev–Trinajstić information content (AvgIpc) is 3.26. The minimum absolute atomic E-state index is 0.0573. The first-order valence-corrected chi connectivity index (χ1v) is 13.6. The molecule has 8 nitrogen and oxygen atoms in total. The van der Waals surface area contributed by atoms with Crippen molar-refractivity contribution in [3.63, 3.8) is 0 Å². The molecule has 34 heavy (non-hydrogen) atoms. The quantitative estimate of drug-likeness (QED) is 0.444. The summed E-state index contributed by atoms with van der Waals surface area (Å²) in [7, 11) is -3.67. The Labute approximate surface area is 206 Å². The number of fused-ring (bicyclic) bond motifs is 1. The number of carbonyl (C=O) groups excluding carboxylic acids is 2. The number of carbonyl (C=O) groups is 2. The number of benzene rings is 2. The second-order valence-corrected chi connectivity index (χ2v) is 11.4. The molecule has 1 aliphatic heterocycles. The Kier molecular flexibility index (Phi) is 7.82. The standard InChI is InChI=1S/C23H24ClN3O5S2/c24-17-9-8-16(34(30,31)27-12-4-1-5-13-27)14-19(17)25-21(28)15-32-23(29)11-10-22-26-18-6-2-3-7-20(18)33-22/h2-3,6-9,14H,1,4-5,10-13,15H2,(H,25,28). The van der Waals surface area contributed by atoms with Crippen LogP contribution in [0.15, 0.2) is 47.4 Å². The molecule has 1 amide bonds. The van der Waals surface area contributed by atoms with Crippen molar-refractivity contribution in [1.82, 2.24) is 9.29 Å². The monoisotopic (exact) mass is 521 g/mol. The summed E-state index contributed by atoms with van der Waals surface area (Å²) in [5.41, 5.74) is 1.03. The zero-order valence-electron chi connectivity index (χ0n) is 18.3. The fourth-order valence-corrected chi connectivity index (χ4v) is 6.33. The van der Waals surface area contributed by atoms with Crippen LogP contribution < -0.4 is 5.32 Å². The summed E-state index contributed by atoms with van der Waals surface area (Å²) >= 11 is 7.67. The van der Waals surface area contributed by atoms with E-state index in [9.17, 15) is 18.0 Å². The van der Waals surface area contributed by atoms with Crippen molar-refractivity contribution in [1.29, 1.82) is 0 Å². The van der Waals surface area contributed by atoms with Gasteiger partial charge in [0.25, 0.3) is 5.91 Å². The van der Waals surface area contributed by atoms with Gasteiger partial charge in [0, 0.05) is 19.5 Å². The predicted octanol–water partition coefficient (Wildman–Crippen LogP) is 4.24. The molecule has 4 rings (SSSR count). The number of nitrogens with zero attached hydrogens (tertiary/aromatic N) is 2. The highest BCUT2D eigenvalue weighted by Gasteiger charge is 2.26. The number of nitrogens with one attached hydrogen (secondary N) is 1. The molecule has 2 aromatic carbocycles. The molecule has 0 radical (unpaired) electrons. The molecule has 3 aromatic rings. The molecule has 1 saturated heterocycles. The summed E-state index contributed by atoms with van der Waals surface area (Å²) < 4.78 is 33.3. The van der Waals surface area contributed by atoms with Crippen LogP contribution in [0.2, 0.25) is 5.02 Å². The summed E-state index contributed by atoms with van der Waals surface area (Å²) in [4.78, 5) is 28.9. The number of sulfonamides is 1. The molecule has 1 fully saturated rings. The molecule has 0 aliphatic carbocycles. The fraction of sp³-hybridized carbons (Fsp3) is 0.348. The highest BCUT2D eigenvalue weighted by atomic mass is 35.5. The molecule has 180 valence electrons. The second-order valence-electron chi connectivity index (χ2n) is 7.89. The van der Waals surface area contributed by atoms with Gasteiger partial charge in [0.2, 0.25) is 10.0 Å². The number of thiazole rings is 1. The lowest BCUT2D eigenvalue weighted by Gasteiger charge is -2.26. The summed E-state index contributed by atoms with van der Waals surface area (Å²) in [6.07, 6.45) is 3.16. The van der Waals surface area contributed by atoms with Crippen LogP contribution >= 0.6 is 22.9 Å². The topological polar surface area (TPSA) is 106 Å². The van der Waals surface area contributed by atoms with Gasteiger partial charge in [0.05, 0.1) is 37.3 Å². The maximum Gasteiger partial charge on any atom is 0.306 e. The highest BCUT2D eigenvalue weighted by molar-refractivity contribution is 7.89. The number of piperidine rings is 1. The smallest absolute Gasteiger partial charge is 0.306 e. The van der Waals surface area contributed by atoms with Crippen LogP contribution in [0.5, 0.6) is 0 Å². The van der Waals surface area contributed by atoms with Crippen LogP contribution in [0, 0.1) is 0 Å². The first kappa shape index (κ1) is 24.6. The number of ether oxygens (including phenoxy) is 1. The van der Waals surface area contributed by atoms with E-state index in [1.807, 2.05) is 24.3 Å². The first-order chi connectivity index (χ1) is 16.3. The van der Waals surface area contributed by atoms with Crippen molar-refractivity contribution >= 4 is 60.7 Å². The van der Waals surface area contributed by atoms with Gasteiger partial charge >= 0.3 is 5.97 Å². The number of amides is 1. The van der Waals surface area contributed by atoms with Crippen molar-refractivity contribution in [3.05, 3.63) is 52.5 Å². The van der Waals surface area contributed by atoms with Crippen LogP contribution in [0.25, 0.3) is 10.2 Å². The molecule has 1 aliphatic rings. The minimum atomic E-state index is -3.67. The first-order valence-electron chi connectivity index (χ1n) is 10.9. The lowest BCUT2D eigenvalue weighted by molar-refractivity contribution is -0.147. The van der Waals surface area contributed by atoms with Crippen LogP contribution in [-0.4, -0.2) is 49.3 Å². The fourth-order valence-electron chi connectivity index (χ4n) is 3.66. The van der Waals surface area contributed by atoms with E-state index in [1.54, 1.807) is 0 Å². The van der Waals surface area contributed by atoms with Crippen LogP contribution in [0.4, 0.5) is 5.69 Å². The third-order valence-corrected chi connectivity index (χ3v) is 8.73. The largest absolute Gasteiger partial charge is 0.456 e. The van der Waals surface area contributed by atoms with Gasteiger partial charge in [-0.05, 0) is 43.2 Å².